The zero-order chi connectivity index (χ0) is 11.1. The quantitative estimate of drug-likeness (QED) is 0.862. The third-order valence-corrected chi connectivity index (χ3v) is 3.10. The minimum absolute atomic E-state index is 0.247. The summed E-state index contributed by atoms with van der Waals surface area (Å²) >= 11 is 6.00. The molecule has 1 aliphatic rings. The lowest BCUT2D eigenvalue weighted by Crippen LogP contribution is -2.19. The van der Waals surface area contributed by atoms with E-state index in [1.165, 1.54) is 0 Å². The van der Waals surface area contributed by atoms with Gasteiger partial charge in [0.2, 0.25) is 0 Å². The van der Waals surface area contributed by atoms with E-state index < -0.39 is 0 Å². The Hall–Kier alpha value is -0.930. The van der Waals surface area contributed by atoms with Crippen molar-refractivity contribution in [1.82, 2.24) is 0 Å². The molecule has 0 heterocycles. The Balaban J connectivity index is 2.55. The van der Waals surface area contributed by atoms with Gasteiger partial charge in [-0.2, -0.15) is 0 Å². The van der Waals surface area contributed by atoms with Gasteiger partial charge in [0.05, 0.1) is 19.2 Å². The molecule has 2 rings (SSSR count). The molecule has 0 aliphatic heterocycles. The molecule has 2 N–H and O–H groups in total. The molecule has 1 aliphatic carbocycles. The first-order valence-corrected chi connectivity index (χ1v) is 5.20. The van der Waals surface area contributed by atoms with Gasteiger partial charge in [0.1, 0.15) is 0 Å². The Kier molecular flexibility index (Phi) is 2.52. The Labute approximate surface area is 94.1 Å². The fraction of sp³-hybridized carbons (Fsp3) is 0.455. The third-order valence-electron chi connectivity index (χ3n) is 2.80. The van der Waals surface area contributed by atoms with Crippen molar-refractivity contribution < 1.29 is 9.47 Å². The average Bonchev–Trinajstić information content (AvgIpc) is 2.96. The van der Waals surface area contributed by atoms with E-state index in [0.717, 1.165) is 18.4 Å². The molecule has 0 spiro atoms. The van der Waals surface area contributed by atoms with E-state index in [4.69, 9.17) is 26.8 Å². The maximum Gasteiger partial charge on any atom is 0.179 e. The Morgan fingerprint density at radius 3 is 2.27 bits per heavy atom. The molecule has 1 fully saturated rings. The van der Waals surface area contributed by atoms with Gasteiger partial charge in [-0.1, -0.05) is 17.7 Å². The molecule has 0 atom stereocenters. The van der Waals surface area contributed by atoms with Crippen molar-refractivity contribution in [2.45, 2.75) is 18.4 Å². The summed E-state index contributed by atoms with van der Waals surface area (Å²) in [7, 11) is 3.17. The molecule has 4 heteroatoms. The standard InChI is InChI=1S/C11H14ClNO2/c1-14-9-7(11(13)5-6-11)3-4-8(12)10(9)15-2/h3-4H,5-6,13H2,1-2H3. The summed E-state index contributed by atoms with van der Waals surface area (Å²) in [4.78, 5) is 0. The van der Waals surface area contributed by atoms with E-state index in [1.807, 2.05) is 6.07 Å². The summed E-state index contributed by atoms with van der Waals surface area (Å²) in [6, 6.07) is 3.71. The Morgan fingerprint density at radius 1 is 1.20 bits per heavy atom. The van der Waals surface area contributed by atoms with E-state index in [9.17, 15) is 0 Å². The second kappa shape index (κ2) is 3.58. The van der Waals surface area contributed by atoms with E-state index in [-0.39, 0.29) is 5.54 Å². The van der Waals surface area contributed by atoms with Crippen LogP contribution in [0.25, 0.3) is 0 Å². The highest BCUT2D eigenvalue weighted by Crippen LogP contribution is 2.50. The molecule has 0 amide bonds. The highest BCUT2D eigenvalue weighted by Gasteiger charge is 2.43. The van der Waals surface area contributed by atoms with Crippen LogP contribution in [-0.4, -0.2) is 14.2 Å². The Bertz CT molecular complexity index is 388. The first-order chi connectivity index (χ1) is 7.12. The van der Waals surface area contributed by atoms with Crippen molar-refractivity contribution in [2.24, 2.45) is 5.73 Å². The lowest BCUT2D eigenvalue weighted by Gasteiger charge is -2.17. The van der Waals surface area contributed by atoms with E-state index in [1.54, 1.807) is 20.3 Å². The van der Waals surface area contributed by atoms with E-state index in [2.05, 4.69) is 0 Å². The second-order valence-corrected chi connectivity index (χ2v) is 4.22. The zero-order valence-electron chi connectivity index (χ0n) is 8.84. The second-order valence-electron chi connectivity index (χ2n) is 3.82. The molecule has 1 saturated carbocycles. The molecule has 0 unspecified atom stereocenters. The fourth-order valence-electron chi connectivity index (χ4n) is 1.73. The van der Waals surface area contributed by atoms with Gasteiger partial charge in [-0.15, -0.1) is 0 Å². The number of ether oxygens (including phenoxy) is 2. The van der Waals surface area contributed by atoms with Crippen LogP contribution in [0.3, 0.4) is 0 Å². The van der Waals surface area contributed by atoms with Gasteiger partial charge in [-0.05, 0) is 18.9 Å². The minimum Gasteiger partial charge on any atom is -0.492 e. The van der Waals surface area contributed by atoms with Gasteiger partial charge < -0.3 is 15.2 Å². The van der Waals surface area contributed by atoms with E-state index in [0.29, 0.717) is 16.5 Å². The van der Waals surface area contributed by atoms with Gasteiger partial charge in [-0.25, -0.2) is 0 Å². The number of hydrogen-bond acceptors (Lipinski definition) is 3. The molecule has 0 radical (unpaired) electrons. The molecular weight excluding hydrogens is 214 g/mol. The maximum atomic E-state index is 6.14. The van der Waals surface area contributed by atoms with Crippen LogP contribution in [0.4, 0.5) is 0 Å². The monoisotopic (exact) mass is 227 g/mol. The number of hydrogen-bond donors (Lipinski definition) is 1. The fourth-order valence-corrected chi connectivity index (χ4v) is 1.95. The molecule has 1 aromatic carbocycles. The van der Waals surface area contributed by atoms with Gasteiger partial charge in [0.25, 0.3) is 0 Å². The molecule has 0 aromatic heterocycles. The highest BCUT2D eigenvalue weighted by molar-refractivity contribution is 6.32. The van der Waals surface area contributed by atoms with Crippen LogP contribution in [0.15, 0.2) is 12.1 Å². The van der Waals surface area contributed by atoms with Crippen LogP contribution in [0.2, 0.25) is 5.02 Å². The lowest BCUT2D eigenvalue weighted by atomic mass is 10.0. The lowest BCUT2D eigenvalue weighted by molar-refractivity contribution is 0.349. The molecule has 1 aromatic rings. The molecule has 0 saturated heterocycles. The van der Waals surface area contributed by atoms with Crippen LogP contribution >= 0.6 is 11.6 Å². The number of rotatable bonds is 3. The van der Waals surface area contributed by atoms with Gasteiger partial charge in [0.15, 0.2) is 11.5 Å². The van der Waals surface area contributed by atoms with Gasteiger partial charge >= 0.3 is 0 Å². The number of methoxy groups -OCH3 is 2. The van der Waals surface area contributed by atoms with Crippen molar-refractivity contribution in [3.8, 4) is 11.5 Å². The number of nitrogens with two attached hydrogens (primary N) is 1. The minimum atomic E-state index is -0.247. The van der Waals surface area contributed by atoms with Gasteiger partial charge in [-0.3, -0.25) is 0 Å². The maximum absolute atomic E-state index is 6.14. The smallest absolute Gasteiger partial charge is 0.179 e. The molecular formula is C11H14ClNO2. The van der Waals surface area contributed by atoms with Crippen LogP contribution in [0, 0.1) is 0 Å². The van der Waals surface area contributed by atoms with Crippen molar-refractivity contribution in [3.05, 3.63) is 22.7 Å². The van der Waals surface area contributed by atoms with E-state index >= 15 is 0 Å². The normalized spacial score (nSPS) is 17.3. The van der Waals surface area contributed by atoms with Crippen LogP contribution < -0.4 is 15.2 Å². The Morgan fingerprint density at radius 2 is 1.80 bits per heavy atom. The zero-order valence-corrected chi connectivity index (χ0v) is 9.60. The SMILES string of the molecule is COc1c(Cl)ccc(C2(N)CC2)c1OC. The van der Waals surface area contributed by atoms with Gasteiger partial charge in [0, 0.05) is 11.1 Å². The largest absolute Gasteiger partial charge is 0.492 e. The molecule has 3 nitrogen and oxygen atoms in total. The van der Waals surface area contributed by atoms with Crippen molar-refractivity contribution in [1.29, 1.82) is 0 Å². The average molecular weight is 228 g/mol. The summed E-state index contributed by atoms with van der Waals surface area (Å²) in [5, 5.41) is 0.544. The molecule has 0 bridgehead atoms. The summed E-state index contributed by atoms with van der Waals surface area (Å²) in [5.41, 5.74) is 6.87. The molecule has 15 heavy (non-hydrogen) atoms. The van der Waals surface area contributed by atoms with Crippen molar-refractivity contribution >= 4 is 11.6 Å². The first kappa shape index (κ1) is 10.6. The topological polar surface area (TPSA) is 44.5 Å². The number of halogens is 1. The van der Waals surface area contributed by atoms with Crippen molar-refractivity contribution in [2.75, 3.05) is 14.2 Å². The number of benzene rings is 1. The first-order valence-electron chi connectivity index (χ1n) is 4.82. The van der Waals surface area contributed by atoms with Crippen LogP contribution in [0.1, 0.15) is 18.4 Å². The third kappa shape index (κ3) is 1.66. The summed E-state index contributed by atoms with van der Waals surface area (Å²) in [6.45, 7) is 0. The predicted molar refractivity (Wildman–Crippen MR) is 59.7 cm³/mol. The van der Waals surface area contributed by atoms with Crippen LogP contribution in [0.5, 0.6) is 11.5 Å². The van der Waals surface area contributed by atoms with Crippen LogP contribution in [-0.2, 0) is 5.54 Å². The molecule has 82 valence electrons. The summed E-state index contributed by atoms with van der Waals surface area (Å²) in [6.07, 6.45) is 1.96. The van der Waals surface area contributed by atoms with Crippen molar-refractivity contribution in [3.63, 3.8) is 0 Å². The summed E-state index contributed by atoms with van der Waals surface area (Å²) < 4.78 is 10.5. The highest BCUT2D eigenvalue weighted by atomic mass is 35.5. The predicted octanol–water partition coefficient (Wildman–Crippen LogP) is 2.31. The summed E-state index contributed by atoms with van der Waals surface area (Å²) in [5.74, 6) is 1.22.